The van der Waals surface area contributed by atoms with Gasteiger partial charge in [-0.25, -0.2) is 0 Å². The van der Waals surface area contributed by atoms with E-state index in [2.05, 4.69) is 59.4 Å². The van der Waals surface area contributed by atoms with Crippen molar-refractivity contribution in [3.05, 3.63) is 34.5 Å². The van der Waals surface area contributed by atoms with Crippen molar-refractivity contribution < 1.29 is 4.79 Å². The summed E-state index contributed by atoms with van der Waals surface area (Å²) < 4.78 is 0. The first kappa shape index (κ1) is 17.9. The van der Waals surface area contributed by atoms with Crippen molar-refractivity contribution in [2.75, 3.05) is 37.7 Å². The van der Waals surface area contributed by atoms with Gasteiger partial charge in [0.2, 0.25) is 0 Å². The molecule has 2 aliphatic heterocycles. The average Bonchev–Trinajstić information content (AvgIpc) is 3.04. The molecule has 26 heavy (non-hydrogen) atoms. The van der Waals surface area contributed by atoms with Gasteiger partial charge in [0.1, 0.15) is 5.69 Å². The van der Waals surface area contributed by atoms with Crippen molar-refractivity contribution in [1.82, 2.24) is 14.8 Å². The van der Waals surface area contributed by atoms with E-state index in [4.69, 9.17) is 0 Å². The number of rotatable bonds is 2. The number of H-pyrrole nitrogens is 1. The lowest BCUT2D eigenvalue weighted by molar-refractivity contribution is 0.0625. The Morgan fingerprint density at radius 3 is 2.35 bits per heavy atom. The van der Waals surface area contributed by atoms with Crippen molar-refractivity contribution in [2.45, 2.75) is 39.7 Å². The Morgan fingerprint density at radius 1 is 1.04 bits per heavy atom. The third-order valence-corrected chi connectivity index (χ3v) is 7.09. The minimum Gasteiger partial charge on any atom is -0.350 e. The molecule has 2 aliphatic rings. The molecule has 2 fully saturated rings. The molecule has 1 N–H and O–H groups in total. The maximum Gasteiger partial charge on any atom is 0.270 e. The third kappa shape index (κ3) is 3.16. The Balaban J connectivity index is 1.50. The second-order valence-electron chi connectivity index (χ2n) is 7.75. The van der Waals surface area contributed by atoms with Crippen molar-refractivity contribution in [2.24, 2.45) is 0 Å². The van der Waals surface area contributed by atoms with Crippen LogP contribution >= 0.6 is 11.8 Å². The molecule has 0 atom stereocenters. The SMILES string of the molecule is Cc1ccc(C)c2c(C)c(C(=O)N3CCC(N4CCSCC4)CC3)[nH]c12. The van der Waals surface area contributed by atoms with Crippen molar-refractivity contribution in [3.63, 3.8) is 0 Å². The molecule has 2 aromatic rings. The number of nitrogens with zero attached hydrogens (tertiary/aromatic N) is 2. The fraction of sp³-hybridized carbons (Fsp3) is 0.571. The van der Waals surface area contributed by atoms with E-state index in [1.807, 2.05) is 0 Å². The van der Waals surface area contributed by atoms with E-state index in [0.717, 1.165) is 42.7 Å². The van der Waals surface area contributed by atoms with Gasteiger partial charge in [-0.1, -0.05) is 12.1 Å². The zero-order chi connectivity index (χ0) is 18.3. The molecule has 0 spiro atoms. The first-order valence-corrected chi connectivity index (χ1v) is 10.9. The number of benzene rings is 1. The molecule has 0 radical (unpaired) electrons. The van der Waals surface area contributed by atoms with Crippen LogP contribution in [0.4, 0.5) is 0 Å². The van der Waals surface area contributed by atoms with E-state index in [0.29, 0.717) is 6.04 Å². The van der Waals surface area contributed by atoms with E-state index in [1.165, 1.54) is 41.1 Å². The molecule has 0 aliphatic carbocycles. The number of amides is 1. The Kier molecular flexibility index (Phi) is 5.02. The minimum absolute atomic E-state index is 0.171. The largest absolute Gasteiger partial charge is 0.350 e. The fourth-order valence-corrected chi connectivity index (χ4v) is 5.48. The van der Waals surface area contributed by atoms with Crippen LogP contribution in [0.25, 0.3) is 10.9 Å². The standard InChI is InChI=1S/C21H29N3OS/c1-14-4-5-15(2)19-18(14)16(3)20(22-19)21(25)24-8-6-17(7-9-24)23-10-12-26-13-11-23/h4-5,17,22H,6-13H2,1-3H3. The lowest BCUT2D eigenvalue weighted by Gasteiger charge is -2.40. The van der Waals surface area contributed by atoms with Crippen LogP contribution in [0.2, 0.25) is 0 Å². The van der Waals surface area contributed by atoms with Gasteiger partial charge in [-0.2, -0.15) is 11.8 Å². The van der Waals surface area contributed by atoms with E-state index in [9.17, 15) is 4.79 Å². The summed E-state index contributed by atoms with van der Waals surface area (Å²) >= 11 is 2.06. The number of fused-ring (bicyclic) bond motifs is 1. The summed E-state index contributed by atoms with van der Waals surface area (Å²) in [6.07, 6.45) is 2.21. The summed E-state index contributed by atoms with van der Waals surface area (Å²) in [5.74, 6) is 2.68. The van der Waals surface area contributed by atoms with E-state index in [-0.39, 0.29) is 5.91 Å². The molecule has 5 heteroatoms. The monoisotopic (exact) mass is 371 g/mol. The number of hydrogen-bond acceptors (Lipinski definition) is 3. The van der Waals surface area contributed by atoms with E-state index < -0.39 is 0 Å². The fourth-order valence-electron chi connectivity index (χ4n) is 4.55. The van der Waals surface area contributed by atoms with Gasteiger partial charge in [-0.3, -0.25) is 9.69 Å². The number of nitrogens with one attached hydrogen (secondary N) is 1. The van der Waals surface area contributed by atoms with Crippen LogP contribution < -0.4 is 0 Å². The molecule has 0 saturated carbocycles. The van der Waals surface area contributed by atoms with Gasteiger partial charge in [-0.15, -0.1) is 0 Å². The molecule has 0 bridgehead atoms. The highest BCUT2D eigenvalue weighted by molar-refractivity contribution is 7.99. The highest BCUT2D eigenvalue weighted by atomic mass is 32.2. The zero-order valence-corrected chi connectivity index (χ0v) is 16.9. The van der Waals surface area contributed by atoms with Gasteiger partial charge in [0.15, 0.2) is 0 Å². The number of piperidine rings is 1. The summed E-state index contributed by atoms with van der Waals surface area (Å²) in [5, 5.41) is 1.22. The lowest BCUT2D eigenvalue weighted by atomic mass is 10.0. The quantitative estimate of drug-likeness (QED) is 0.874. The molecule has 4 nitrogen and oxygen atoms in total. The molecule has 3 heterocycles. The predicted molar refractivity (Wildman–Crippen MR) is 110 cm³/mol. The number of aromatic nitrogens is 1. The first-order chi connectivity index (χ1) is 12.6. The zero-order valence-electron chi connectivity index (χ0n) is 16.1. The molecular weight excluding hydrogens is 342 g/mol. The van der Waals surface area contributed by atoms with Crippen LogP contribution in [-0.2, 0) is 0 Å². The maximum atomic E-state index is 13.2. The number of carbonyl (C=O) groups excluding carboxylic acids is 1. The number of hydrogen-bond donors (Lipinski definition) is 1. The lowest BCUT2D eigenvalue weighted by Crippen LogP contribution is -2.49. The molecule has 140 valence electrons. The van der Waals surface area contributed by atoms with Crippen molar-refractivity contribution in [3.8, 4) is 0 Å². The highest BCUT2D eigenvalue weighted by Crippen LogP contribution is 2.29. The Bertz CT molecular complexity index is 814. The Labute approximate surface area is 160 Å². The van der Waals surface area contributed by atoms with Gasteiger partial charge >= 0.3 is 0 Å². The van der Waals surface area contributed by atoms with Gasteiger partial charge in [-0.05, 0) is 50.3 Å². The number of aryl methyl sites for hydroxylation is 3. The van der Waals surface area contributed by atoms with E-state index in [1.54, 1.807) is 0 Å². The molecular formula is C21H29N3OS. The summed E-state index contributed by atoms with van der Waals surface area (Å²) in [7, 11) is 0. The second-order valence-corrected chi connectivity index (χ2v) is 8.97. The van der Waals surface area contributed by atoms with Crippen LogP contribution in [0, 0.1) is 20.8 Å². The smallest absolute Gasteiger partial charge is 0.270 e. The normalized spacial score (nSPS) is 20.0. The number of aromatic amines is 1. The van der Waals surface area contributed by atoms with Crippen LogP contribution in [0.5, 0.6) is 0 Å². The molecule has 1 aromatic carbocycles. The summed E-state index contributed by atoms with van der Waals surface area (Å²) in [4.78, 5) is 21.3. The van der Waals surface area contributed by atoms with Crippen LogP contribution in [0.3, 0.4) is 0 Å². The average molecular weight is 372 g/mol. The Morgan fingerprint density at radius 2 is 1.69 bits per heavy atom. The molecule has 1 aromatic heterocycles. The number of carbonyl (C=O) groups is 1. The predicted octanol–water partition coefficient (Wildman–Crippen LogP) is 3.75. The number of thioether (sulfide) groups is 1. The molecule has 0 unspecified atom stereocenters. The van der Waals surface area contributed by atoms with Crippen molar-refractivity contribution in [1.29, 1.82) is 0 Å². The second kappa shape index (κ2) is 7.28. The summed E-state index contributed by atoms with van der Waals surface area (Å²) in [6, 6.07) is 4.94. The van der Waals surface area contributed by atoms with Crippen LogP contribution in [0.15, 0.2) is 12.1 Å². The minimum atomic E-state index is 0.171. The summed E-state index contributed by atoms with van der Waals surface area (Å²) in [5.41, 5.74) is 5.44. The summed E-state index contributed by atoms with van der Waals surface area (Å²) in [6.45, 7) is 10.5. The number of likely N-dealkylation sites (tertiary alicyclic amines) is 1. The highest BCUT2D eigenvalue weighted by Gasteiger charge is 2.29. The van der Waals surface area contributed by atoms with Gasteiger partial charge in [0.05, 0.1) is 0 Å². The van der Waals surface area contributed by atoms with E-state index >= 15 is 0 Å². The third-order valence-electron chi connectivity index (χ3n) is 6.15. The maximum absolute atomic E-state index is 13.2. The van der Waals surface area contributed by atoms with Gasteiger partial charge in [0.25, 0.3) is 5.91 Å². The van der Waals surface area contributed by atoms with Crippen LogP contribution in [-0.4, -0.2) is 64.4 Å². The Hall–Kier alpha value is -1.46. The van der Waals surface area contributed by atoms with Gasteiger partial charge < -0.3 is 9.88 Å². The molecule has 1 amide bonds. The van der Waals surface area contributed by atoms with Crippen molar-refractivity contribution >= 4 is 28.6 Å². The topological polar surface area (TPSA) is 39.3 Å². The molecule has 4 rings (SSSR count). The van der Waals surface area contributed by atoms with Gasteiger partial charge in [0, 0.05) is 54.6 Å². The van der Waals surface area contributed by atoms with Crippen LogP contribution in [0.1, 0.15) is 40.0 Å². The molecule has 2 saturated heterocycles. The first-order valence-electron chi connectivity index (χ1n) is 9.76.